The predicted molar refractivity (Wildman–Crippen MR) is 83.5 cm³/mol. The fourth-order valence-corrected chi connectivity index (χ4v) is 4.00. The Labute approximate surface area is 133 Å². The zero-order chi connectivity index (χ0) is 14.9. The molecule has 0 atom stereocenters. The Kier molecular flexibility index (Phi) is 4.51. The fourth-order valence-electron chi connectivity index (χ4n) is 1.73. The molecule has 0 spiro atoms. The Morgan fingerprint density at radius 1 is 1.10 bits per heavy atom. The molecule has 0 fully saturated rings. The van der Waals surface area contributed by atoms with E-state index in [-0.39, 0.29) is 20.8 Å². The van der Waals surface area contributed by atoms with Crippen LogP contribution in [0.5, 0.6) is 0 Å². The number of halogens is 3. The van der Waals surface area contributed by atoms with Gasteiger partial charge in [0.25, 0.3) is 0 Å². The van der Waals surface area contributed by atoms with E-state index in [0.717, 1.165) is 0 Å². The average molecular weight is 423 g/mol. The monoisotopic (exact) mass is 421 g/mol. The first-order chi connectivity index (χ1) is 9.29. The molecule has 0 heterocycles. The van der Waals surface area contributed by atoms with Gasteiger partial charge in [-0.2, -0.15) is 0 Å². The van der Waals surface area contributed by atoms with Crippen LogP contribution >= 0.6 is 31.9 Å². The third kappa shape index (κ3) is 3.39. The van der Waals surface area contributed by atoms with E-state index in [1.165, 1.54) is 30.3 Å². The Bertz CT molecular complexity index is 763. The second-order valence-corrected chi connectivity index (χ2v) is 7.92. The van der Waals surface area contributed by atoms with E-state index in [1.807, 2.05) is 0 Å². The van der Waals surface area contributed by atoms with E-state index in [4.69, 9.17) is 5.73 Å². The van der Waals surface area contributed by atoms with Crippen LogP contribution in [0.25, 0.3) is 0 Å². The lowest BCUT2D eigenvalue weighted by molar-refractivity contribution is 0.595. The first kappa shape index (κ1) is 15.5. The standard InChI is InChI=1S/C13H10Br2FNO2S/c14-9-2-4-13(12(17)6-9)20(18,19)7-8-1-3-11(16)10(15)5-8/h1-6H,7,17H2. The van der Waals surface area contributed by atoms with Crippen LogP contribution in [0, 0.1) is 5.82 Å². The Balaban J connectivity index is 2.38. The summed E-state index contributed by atoms with van der Waals surface area (Å²) in [6, 6.07) is 8.71. The summed E-state index contributed by atoms with van der Waals surface area (Å²) in [6.07, 6.45) is 0. The molecule has 7 heteroatoms. The van der Waals surface area contributed by atoms with Gasteiger partial charge in [0.2, 0.25) is 0 Å². The van der Waals surface area contributed by atoms with Gasteiger partial charge in [0.15, 0.2) is 9.84 Å². The van der Waals surface area contributed by atoms with Crippen LogP contribution in [0.15, 0.2) is 50.2 Å². The highest BCUT2D eigenvalue weighted by molar-refractivity contribution is 9.10. The fraction of sp³-hybridized carbons (Fsp3) is 0.0769. The lowest BCUT2D eigenvalue weighted by atomic mass is 10.2. The Hall–Kier alpha value is -0.920. The summed E-state index contributed by atoms with van der Waals surface area (Å²) in [5.74, 6) is -0.674. The minimum Gasteiger partial charge on any atom is -0.398 e. The Morgan fingerprint density at radius 2 is 1.80 bits per heavy atom. The molecule has 0 bridgehead atoms. The van der Waals surface area contributed by atoms with E-state index < -0.39 is 15.7 Å². The number of hydrogen-bond donors (Lipinski definition) is 1. The van der Waals surface area contributed by atoms with Gasteiger partial charge in [-0.15, -0.1) is 0 Å². The number of nitrogen functional groups attached to an aromatic ring is 1. The summed E-state index contributed by atoms with van der Waals surface area (Å²) in [4.78, 5) is 0.0705. The van der Waals surface area contributed by atoms with Gasteiger partial charge >= 0.3 is 0 Å². The molecule has 0 amide bonds. The molecule has 0 aliphatic carbocycles. The SMILES string of the molecule is Nc1cc(Br)ccc1S(=O)(=O)Cc1ccc(F)c(Br)c1. The topological polar surface area (TPSA) is 60.2 Å². The highest BCUT2D eigenvalue weighted by atomic mass is 79.9. The average Bonchev–Trinajstić information content (AvgIpc) is 2.33. The lowest BCUT2D eigenvalue weighted by Crippen LogP contribution is -2.08. The van der Waals surface area contributed by atoms with E-state index >= 15 is 0 Å². The van der Waals surface area contributed by atoms with Crippen LogP contribution in [0.1, 0.15) is 5.56 Å². The molecule has 0 saturated carbocycles. The van der Waals surface area contributed by atoms with Crippen LogP contribution in [-0.4, -0.2) is 8.42 Å². The van der Waals surface area contributed by atoms with E-state index in [2.05, 4.69) is 31.9 Å². The highest BCUT2D eigenvalue weighted by Gasteiger charge is 2.19. The van der Waals surface area contributed by atoms with Crippen LogP contribution in [0.3, 0.4) is 0 Å². The molecule has 0 radical (unpaired) electrons. The molecule has 2 rings (SSSR count). The number of hydrogen-bond acceptors (Lipinski definition) is 3. The number of nitrogens with two attached hydrogens (primary N) is 1. The normalized spacial score (nSPS) is 11.6. The highest BCUT2D eigenvalue weighted by Crippen LogP contribution is 2.27. The van der Waals surface area contributed by atoms with Crippen LogP contribution in [-0.2, 0) is 15.6 Å². The van der Waals surface area contributed by atoms with Crippen molar-refractivity contribution < 1.29 is 12.8 Å². The predicted octanol–water partition coefficient (Wildman–Crippen LogP) is 3.91. The van der Waals surface area contributed by atoms with Gasteiger partial charge in [-0.05, 0) is 51.8 Å². The molecule has 0 saturated heterocycles. The summed E-state index contributed by atoms with van der Waals surface area (Å²) in [6.45, 7) is 0. The molecule has 0 aliphatic rings. The van der Waals surface area contributed by atoms with Crippen molar-refractivity contribution >= 4 is 47.4 Å². The first-order valence-corrected chi connectivity index (χ1v) is 8.75. The molecule has 2 aromatic carbocycles. The minimum atomic E-state index is -3.58. The molecule has 106 valence electrons. The molecule has 0 unspecified atom stereocenters. The largest absolute Gasteiger partial charge is 0.398 e. The molecule has 20 heavy (non-hydrogen) atoms. The second kappa shape index (κ2) is 5.83. The first-order valence-electron chi connectivity index (χ1n) is 5.51. The molecule has 0 aromatic heterocycles. The quantitative estimate of drug-likeness (QED) is 0.763. The molecule has 2 N–H and O–H groups in total. The van der Waals surface area contributed by atoms with Crippen molar-refractivity contribution in [3.63, 3.8) is 0 Å². The van der Waals surface area contributed by atoms with Gasteiger partial charge in [0, 0.05) is 4.47 Å². The zero-order valence-corrected chi connectivity index (χ0v) is 14.1. The summed E-state index contributed by atoms with van der Waals surface area (Å²) < 4.78 is 38.7. The van der Waals surface area contributed by atoms with E-state index in [1.54, 1.807) is 6.07 Å². The van der Waals surface area contributed by atoms with Crippen molar-refractivity contribution in [2.45, 2.75) is 10.6 Å². The van der Waals surface area contributed by atoms with Crippen molar-refractivity contribution in [2.75, 3.05) is 5.73 Å². The molecule has 3 nitrogen and oxygen atoms in total. The molecule has 2 aromatic rings. The Morgan fingerprint density at radius 3 is 2.40 bits per heavy atom. The van der Waals surface area contributed by atoms with Crippen LogP contribution in [0.4, 0.5) is 10.1 Å². The van der Waals surface area contributed by atoms with Crippen molar-refractivity contribution in [3.8, 4) is 0 Å². The van der Waals surface area contributed by atoms with Crippen LogP contribution in [0.2, 0.25) is 0 Å². The summed E-state index contributed by atoms with van der Waals surface area (Å²) >= 11 is 6.26. The van der Waals surface area contributed by atoms with Crippen molar-refractivity contribution in [3.05, 3.63) is 56.7 Å². The van der Waals surface area contributed by atoms with Gasteiger partial charge < -0.3 is 5.73 Å². The maximum Gasteiger partial charge on any atom is 0.184 e. The molecular formula is C13H10Br2FNO2S. The smallest absolute Gasteiger partial charge is 0.184 e. The lowest BCUT2D eigenvalue weighted by Gasteiger charge is -2.08. The van der Waals surface area contributed by atoms with Gasteiger partial charge in [0.05, 0.1) is 20.8 Å². The summed E-state index contributed by atoms with van der Waals surface area (Å²) in [5.41, 5.74) is 6.40. The van der Waals surface area contributed by atoms with Crippen molar-refractivity contribution in [2.24, 2.45) is 0 Å². The van der Waals surface area contributed by atoms with E-state index in [0.29, 0.717) is 10.0 Å². The van der Waals surface area contributed by atoms with Crippen LogP contribution < -0.4 is 5.73 Å². The number of benzene rings is 2. The van der Waals surface area contributed by atoms with Gasteiger partial charge in [0.1, 0.15) is 5.82 Å². The van der Waals surface area contributed by atoms with Crippen molar-refractivity contribution in [1.82, 2.24) is 0 Å². The number of sulfone groups is 1. The third-order valence-corrected chi connectivity index (χ3v) is 5.50. The molecular weight excluding hydrogens is 413 g/mol. The summed E-state index contributed by atoms with van der Waals surface area (Å²) in [5, 5.41) is 0. The van der Waals surface area contributed by atoms with Gasteiger partial charge in [-0.25, -0.2) is 12.8 Å². The van der Waals surface area contributed by atoms with Gasteiger partial charge in [-0.3, -0.25) is 0 Å². The maximum absolute atomic E-state index is 13.1. The van der Waals surface area contributed by atoms with Crippen molar-refractivity contribution in [1.29, 1.82) is 0 Å². The molecule has 0 aliphatic heterocycles. The maximum atomic E-state index is 13.1. The number of anilines is 1. The zero-order valence-electron chi connectivity index (χ0n) is 10.1. The minimum absolute atomic E-state index is 0.0705. The number of rotatable bonds is 3. The summed E-state index contributed by atoms with van der Waals surface area (Å²) in [7, 11) is -3.58. The third-order valence-electron chi connectivity index (χ3n) is 2.65. The second-order valence-electron chi connectivity index (χ2n) is 4.19. The van der Waals surface area contributed by atoms with E-state index in [9.17, 15) is 12.8 Å². The van der Waals surface area contributed by atoms with Gasteiger partial charge in [-0.1, -0.05) is 22.0 Å².